The molecule has 2 rings (SSSR count). The first-order chi connectivity index (χ1) is 9.08. The zero-order chi connectivity index (χ0) is 13.9. The van der Waals surface area contributed by atoms with Crippen LogP contribution in [0.25, 0.3) is 0 Å². The van der Waals surface area contributed by atoms with E-state index in [0.29, 0.717) is 5.41 Å². The van der Waals surface area contributed by atoms with Gasteiger partial charge in [-0.15, -0.1) is 11.3 Å². The largest absolute Gasteiger partial charge is 0.330 e. The molecule has 0 aliphatic heterocycles. The number of hydrogen-bond acceptors (Lipinski definition) is 3. The van der Waals surface area contributed by atoms with Crippen LogP contribution in [0.5, 0.6) is 0 Å². The van der Waals surface area contributed by atoms with Gasteiger partial charge < -0.3 is 5.73 Å². The molecule has 1 aromatic rings. The van der Waals surface area contributed by atoms with Crippen LogP contribution in [0.2, 0.25) is 0 Å². The number of nitrogens with zero attached hydrogens (tertiary/aromatic N) is 1. The minimum Gasteiger partial charge on any atom is -0.330 e. The summed E-state index contributed by atoms with van der Waals surface area (Å²) in [5, 5.41) is 1.30. The first-order valence-corrected chi connectivity index (χ1v) is 8.53. The summed E-state index contributed by atoms with van der Waals surface area (Å²) in [6.07, 6.45) is 9.16. The summed E-state index contributed by atoms with van der Waals surface area (Å²) in [5.41, 5.74) is 7.66. The normalized spacial score (nSPS) is 27.7. The summed E-state index contributed by atoms with van der Waals surface area (Å²) >= 11 is 1.87. The van der Waals surface area contributed by atoms with E-state index in [2.05, 4.69) is 20.8 Å². The quantitative estimate of drug-likeness (QED) is 0.876. The predicted molar refractivity (Wildman–Crippen MR) is 83.6 cm³/mol. The fourth-order valence-electron chi connectivity index (χ4n) is 3.38. The van der Waals surface area contributed by atoms with Gasteiger partial charge in [0.15, 0.2) is 0 Å². The summed E-state index contributed by atoms with van der Waals surface area (Å²) in [5.74, 6) is 0.949. The van der Waals surface area contributed by atoms with Gasteiger partial charge in [-0.3, -0.25) is 0 Å². The highest BCUT2D eigenvalue weighted by Gasteiger charge is 2.34. The van der Waals surface area contributed by atoms with E-state index < -0.39 is 0 Å². The molecule has 2 N–H and O–H groups in total. The van der Waals surface area contributed by atoms with Crippen molar-refractivity contribution < 1.29 is 0 Å². The lowest BCUT2D eigenvalue weighted by molar-refractivity contribution is 0.150. The van der Waals surface area contributed by atoms with E-state index in [1.54, 1.807) is 0 Å². The zero-order valence-electron chi connectivity index (χ0n) is 12.7. The third kappa shape index (κ3) is 3.57. The molecule has 0 amide bonds. The molecule has 0 unspecified atom stereocenters. The molecule has 1 aliphatic rings. The van der Waals surface area contributed by atoms with Crippen LogP contribution in [0.4, 0.5) is 0 Å². The summed E-state index contributed by atoms with van der Waals surface area (Å²) < 4.78 is 0. The molecule has 19 heavy (non-hydrogen) atoms. The van der Waals surface area contributed by atoms with Crippen LogP contribution >= 0.6 is 11.3 Å². The van der Waals surface area contributed by atoms with Gasteiger partial charge in [-0.25, -0.2) is 4.98 Å². The SMILES string of the molecule is CCCC1CCC(CN)(Cc2nc(C)c(C)s2)CC1. The Labute approximate surface area is 121 Å². The maximum atomic E-state index is 6.13. The van der Waals surface area contributed by atoms with Gasteiger partial charge in [0.1, 0.15) is 0 Å². The number of nitrogens with two attached hydrogens (primary N) is 1. The molecular formula is C16H28N2S. The molecule has 0 saturated heterocycles. The Morgan fingerprint density at radius 2 is 2.00 bits per heavy atom. The number of rotatable bonds is 5. The Morgan fingerprint density at radius 3 is 2.47 bits per heavy atom. The van der Waals surface area contributed by atoms with Gasteiger partial charge in [0.2, 0.25) is 0 Å². The summed E-state index contributed by atoms with van der Waals surface area (Å²) in [6, 6.07) is 0. The van der Waals surface area contributed by atoms with E-state index in [9.17, 15) is 0 Å². The first kappa shape index (κ1) is 15.0. The van der Waals surface area contributed by atoms with Crippen molar-refractivity contribution in [2.45, 2.75) is 65.7 Å². The third-order valence-corrected chi connectivity index (χ3v) is 5.97. The molecule has 1 aromatic heterocycles. The van der Waals surface area contributed by atoms with Crippen LogP contribution in [0.15, 0.2) is 0 Å². The van der Waals surface area contributed by atoms with Crippen molar-refractivity contribution in [1.82, 2.24) is 4.98 Å². The van der Waals surface area contributed by atoms with Crippen LogP contribution in [-0.4, -0.2) is 11.5 Å². The highest BCUT2D eigenvalue weighted by molar-refractivity contribution is 7.11. The van der Waals surface area contributed by atoms with Gasteiger partial charge in [-0.05, 0) is 57.4 Å². The Balaban J connectivity index is 2.00. The van der Waals surface area contributed by atoms with E-state index in [1.807, 2.05) is 11.3 Å². The molecule has 0 aromatic carbocycles. The number of hydrogen-bond donors (Lipinski definition) is 1. The molecule has 2 nitrogen and oxygen atoms in total. The Kier molecular flexibility index (Phi) is 5.02. The van der Waals surface area contributed by atoms with Gasteiger partial charge in [0, 0.05) is 11.3 Å². The molecule has 0 spiro atoms. The Morgan fingerprint density at radius 1 is 1.32 bits per heavy atom. The summed E-state index contributed by atoms with van der Waals surface area (Å²) in [6.45, 7) is 7.40. The summed E-state index contributed by atoms with van der Waals surface area (Å²) in [4.78, 5) is 6.08. The second-order valence-electron chi connectivity index (χ2n) is 6.36. The highest BCUT2D eigenvalue weighted by atomic mass is 32.1. The highest BCUT2D eigenvalue weighted by Crippen LogP contribution is 2.42. The van der Waals surface area contributed by atoms with Crippen molar-refractivity contribution in [3.8, 4) is 0 Å². The van der Waals surface area contributed by atoms with Gasteiger partial charge in [0.05, 0.1) is 10.7 Å². The van der Waals surface area contributed by atoms with Crippen molar-refractivity contribution in [3.05, 3.63) is 15.6 Å². The van der Waals surface area contributed by atoms with Crippen LogP contribution < -0.4 is 5.73 Å². The first-order valence-electron chi connectivity index (χ1n) is 7.71. The number of aromatic nitrogens is 1. The maximum absolute atomic E-state index is 6.13. The third-order valence-electron chi connectivity index (χ3n) is 4.89. The van der Waals surface area contributed by atoms with Crippen molar-refractivity contribution >= 4 is 11.3 Å². The predicted octanol–water partition coefficient (Wildman–Crippen LogP) is 4.24. The zero-order valence-corrected chi connectivity index (χ0v) is 13.5. The second-order valence-corrected chi connectivity index (χ2v) is 7.65. The van der Waals surface area contributed by atoms with Crippen LogP contribution in [0, 0.1) is 25.2 Å². The van der Waals surface area contributed by atoms with Crippen molar-refractivity contribution in [3.63, 3.8) is 0 Å². The molecule has 1 aliphatic carbocycles. The smallest absolute Gasteiger partial charge is 0.0936 e. The van der Waals surface area contributed by atoms with Crippen LogP contribution in [-0.2, 0) is 6.42 Å². The number of aryl methyl sites for hydroxylation is 2. The molecule has 1 saturated carbocycles. The van der Waals surface area contributed by atoms with Gasteiger partial charge in [-0.2, -0.15) is 0 Å². The molecule has 1 fully saturated rings. The molecule has 0 radical (unpaired) electrons. The van der Waals surface area contributed by atoms with E-state index in [4.69, 9.17) is 10.7 Å². The van der Waals surface area contributed by atoms with Crippen molar-refractivity contribution in [2.75, 3.05) is 6.54 Å². The molecule has 0 atom stereocenters. The van der Waals surface area contributed by atoms with Crippen molar-refractivity contribution in [2.24, 2.45) is 17.1 Å². The molecule has 108 valence electrons. The lowest BCUT2D eigenvalue weighted by Gasteiger charge is -2.39. The van der Waals surface area contributed by atoms with Gasteiger partial charge in [0.25, 0.3) is 0 Å². The standard InChI is InChI=1S/C16H28N2S/c1-4-5-14-6-8-16(11-17,9-7-14)10-15-18-12(2)13(3)19-15/h14H,4-11,17H2,1-3H3. The maximum Gasteiger partial charge on any atom is 0.0936 e. The van der Waals surface area contributed by atoms with Crippen LogP contribution in [0.3, 0.4) is 0 Å². The second kappa shape index (κ2) is 6.36. The Hall–Kier alpha value is -0.410. The fourth-order valence-corrected chi connectivity index (χ4v) is 4.48. The van der Waals surface area contributed by atoms with Gasteiger partial charge >= 0.3 is 0 Å². The average Bonchev–Trinajstić information content (AvgIpc) is 2.71. The monoisotopic (exact) mass is 280 g/mol. The van der Waals surface area contributed by atoms with E-state index in [-0.39, 0.29) is 0 Å². The summed E-state index contributed by atoms with van der Waals surface area (Å²) in [7, 11) is 0. The molecule has 3 heteroatoms. The minimum atomic E-state index is 0.334. The van der Waals surface area contributed by atoms with Gasteiger partial charge in [-0.1, -0.05) is 19.8 Å². The molecular weight excluding hydrogens is 252 g/mol. The molecule has 1 heterocycles. The Bertz CT molecular complexity index is 383. The lowest BCUT2D eigenvalue weighted by atomic mass is 9.68. The molecule has 0 bridgehead atoms. The van der Waals surface area contributed by atoms with Crippen molar-refractivity contribution in [1.29, 1.82) is 0 Å². The lowest BCUT2D eigenvalue weighted by Crippen LogP contribution is -2.36. The average molecular weight is 280 g/mol. The minimum absolute atomic E-state index is 0.334. The number of thiazole rings is 1. The fraction of sp³-hybridized carbons (Fsp3) is 0.812. The van der Waals surface area contributed by atoms with Crippen LogP contribution in [0.1, 0.15) is 61.0 Å². The van der Waals surface area contributed by atoms with E-state index in [1.165, 1.54) is 54.1 Å². The van der Waals surface area contributed by atoms with E-state index in [0.717, 1.165) is 18.9 Å². The van der Waals surface area contributed by atoms with E-state index >= 15 is 0 Å². The topological polar surface area (TPSA) is 38.9 Å².